The normalized spacial score (nSPS) is 18.3. The highest BCUT2D eigenvalue weighted by Gasteiger charge is 2.15. The minimum absolute atomic E-state index is 0.174. The number of hydrogen-bond acceptors (Lipinski definition) is 4. The highest BCUT2D eigenvalue weighted by atomic mass is 16.7. The van der Waals surface area contributed by atoms with Gasteiger partial charge in [-0.3, -0.25) is 9.59 Å². The van der Waals surface area contributed by atoms with Crippen LogP contribution >= 0.6 is 0 Å². The van der Waals surface area contributed by atoms with E-state index in [2.05, 4.69) is 5.32 Å². The molecule has 2 rings (SSSR count). The van der Waals surface area contributed by atoms with Gasteiger partial charge in [0.25, 0.3) is 5.91 Å². The van der Waals surface area contributed by atoms with Crippen LogP contribution in [0.25, 0.3) is 0 Å². The van der Waals surface area contributed by atoms with Gasteiger partial charge in [-0.05, 0) is 37.1 Å². The first-order valence-corrected chi connectivity index (χ1v) is 6.60. The molecule has 3 N–H and O–H groups in total. The SMILES string of the molecule is NC(=O)CNC(=O)c1ccc(OC2CCCCO2)cc1. The van der Waals surface area contributed by atoms with Gasteiger partial charge < -0.3 is 20.5 Å². The second kappa shape index (κ2) is 6.91. The minimum atomic E-state index is -0.576. The van der Waals surface area contributed by atoms with Crippen LogP contribution in [0.5, 0.6) is 5.75 Å². The summed E-state index contributed by atoms with van der Waals surface area (Å²) in [5.74, 6) is -0.264. The first-order chi connectivity index (χ1) is 9.65. The van der Waals surface area contributed by atoms with Gasteiger partial charge in [-0.1, -0.05) is 0 Å². The molecule has 1 aromatic rings. The zero-order valence-corrected chi connectivity index (χ0v) is 11.1. The predicted molar refractivity (Wildman–Crippen MR) is 72.2 cm³/mol. The Hall–Kier alpha value is -2.08. The summed E-state index contributed by atoms with van der Waals surface area (Å²) in [5.41, 5.74) is 5.41. The largest absolute Gasteiger partial charge is 0.465 e. The quantitative estimate of drug-likeness (QED) is 0.833. The summed E-state index contributed by atoms with van der Waals surface area (Å²) < 4.78 is 11.1. The lowest BCUT2D eigenvalue weighted by Gasteiger charge is -2.23. The maximum atomic E-state index is 11.7. The van der Waals surface area contributed by atoms with E-state index in [1.165, 1.54) is 0 Å². The van der Waals surface area contributed by atoms with E-state index >= 15 is 0 Å². The summed E-state index contributed by atoms with van der Waals surface area (Å²) in [7, 11) is 0. The number of primary amides is 1. The van der Waals surface area contributed by atoms with Gasteiger partial charge in [-0.15, -0.1) is 0 Å². The van der Waals surface area contributed by atoms with Crippen molar-refractivity contribution in [3.05, 3.63) is 29.8 Å². The second-order valence-corrected chi connectivity index (χ2v) is 4.59. The average molecular weight is 278 g/mol. The molecular formula is C14H18N2O4. The molecule has 1 unspecified atom stereocenters. The monoisotopic (exact) mass is 278 g/mol. The molecule has 6 heteroatoms. The van der Waals surface area contributed by atoms with Crippen LogP contribution in [0.4, 0.5) is 0 Å². The summed E-state index contributed by atoms with van der Waals surface area (Å²) in [6, 6.07) is 6.68. The van der Waals surface area contributed by atoms with E-state index in [-0.39, 0.29) is 18.7 Å². The summed E-state index contributed by atoms with van der Waals surface area (Å²) in [4.78, 5) is 22.3. The minimum Gasteiger partial charge on any atom is -0.465 e. The number of ether oxygens (including phenoxy) is 2. The van der Waals surface area contributed by atoms with Gasteiger partial charge >= 0.3 is 0 Å². The third-order valence-corrected chi connectivity index (χ3v) is 2.95. The Labute approximate surface area is 117 Å². The molecule has 6 nitrogen and oxygen atoms in total. The van der Waals surface area contributed by atoms with Crippen LogP contribution in [0.3, 0.4) is 0 Å². The maximum Gasteiger partial charge on any atom is 0.251 e. The average Bonchev–Trinajstić information content (AvgIpc) is 2.46. The number of carbonyl (C=O) groups excluding carboxylic acids is 2. The molecule has 1 aromatic carbocycles. The van der Waals surface area contributed by atoms with E-state index < -0.39 is 5.91 Å². The van der Waals surface area contributed by atoms with Crippen LogP contribution in [0.15, 0.2) is 24.3 Å². The van der Waals surface area contributed by atoms with E-state index in [9.17, 15) is 9.59 Å². The molecule has 1 aliphatic heterocycles. The van der Waals surface area contributed by atoms with Gasteiger partial charge in [-0.25, -0.2) is 0 Å². The van der Waals surface area contributed by atoms with Crippen molar-refractivity contribution in [2.75, 3.05) is 13.2 Å². The Balaban J connectivity index is 1.88. The molecule has 0 spiro atoms. The van der Waals surface area contributed by atoms with Gasteiger partial charge in [-0.2, -0.15) is 0 Å². The first kappa shape index (κ1) is 14.3. The number of amides is 2. The van der Waals surface area contributed by atoms with Crippen molar-refractivity contribution in [3.8, 4) is 5.75 Å². The van der Waals surface area contributed by atoms with Crippen molar-refractivity contribution in [3.63, 3.8) is 0 Å². The van der Waals surface area contributed by atoms with Gasteiger partial charge in [0.15, 0.2) is 6.29 Å². The first-order valence-electron chi connectivity index (χ1n) is 6.60. The summed E-state index contributed by atoms with van der Waals surface area (Å²) >= 11 is 0. The zero-order chi connectivity index (χ0) is 14.4. The molecule has 2 amide bonds. The lowest BCUT2D eigenvalue weighted by atomic mass is 10.2. The number of nitrogens with one attached hydrogen (secondary N) is 1. The standard InChI is InChI=1S/C14H18N2O4/c15-12(17)9-16-14(18)10-4-6-11(7-5-10)20-13-3-1-2-8-19-13/h4-7,13H,1-3,8-9H2,(H2,15,17)(H,16,18). The van der Waals surface area contributed by atoms with Crippen LogP contribution < -0.4 is 15.8 Å². The molecule has 0 aliphatic carbocycles. The third-order valence-electron chi connectivity index (χ3n) is 2.95. The van der Waals surface area contributed by atoms with Crippen LogP contribution in [-0.2, 0) is 9.53 Å². The molecule has 0 radical (unpaired) electrons. The van der Waals surface area contributed by atoms with E-state index in [1.54, 1.807) is 24.3 Å². The van der Waals surface area contributed by atoms with E-state index in [4.69, 9.17) is 15.2 Å². The maximum absolute atomic E-state index is 11.7. The van der Waals surface area contributed by atoms with Gasteiger partial charge in [0.1, 0.15) is 5.75 Å². The van der Waals surface area contributed by atoms with Crippen LogP contribution in [-0.4, -0.2) is 31.3 Å². The van der Waals surface area contributed by atoms with Crippen LogP contribution in [0.1, 0.15) is 29.6 Å². The van der Waals surface area contributed by atoms with Crippen LogP contribution in [0.2, 0.25) is 0 Å². The Morgan fingerprint density at radius 2 is 2.05 bits per heavy atom. The zero-order valence-electron chi connectivity index (χ0n) is 11.1. The molecule has 1 saturated heterocycles. The van der Waals surface area contributed by atoms with E-state index in [0.29, 0.717) is 11.3 Å². The smallest absolute Gasteiger partial charge is 0.251 e. The highest BCUT2D eigenvalue weighted by Crippen LogP contribution is 2.19. The molecule has 1 fully saturated rings. The van der Waals surface area contributed by atoms with Crippen molar-refractivity contribution in [2.45, 2.75) is 25.6 Å². The Kier molecular flexibility index (Phi) is 4.95. The van der Waals surface area contributed by atoms with Crippen molar-refractivity contribution < 1.29 is 19.1 Å². The highest BCUT2D eigenvalue weighted by molar-refractivity contribution is 5.96. The number of carbonyl (C=O) groups is 2. The number of nitrogens with two attached hydrogens (primary N) is 1. The van der Waals surface area contributed by atoms with Crippen molar-refractivity contribution in [2.24, 2.45) is 5.73 Å². The third kappa shape index (κ3) is 4.24. The van der Waals surface area contributed by atoms with E-state index in [0.717, 1.165) is 25.9 Å². The van der Waals surface area contributed by atoms with Gasteiger partial charge in [0, 0.05) is 12.0 Å². The van der Waals surface area contributed by atoms with Crippen molar-refractivity contribution in [1.82, 2.24) is 5.32 Å². The van der Waals surface area contributed by atoms with Crippen molar-refractivity contribution in [1.29, 1.82) is 0 Å². The molecule has 0 aromatic heterocycles. The topological polar surface area (TPSA) is 90.7 Å². The Morgan fingerprint density at radius 3 is 2.65 bits per heavy atom. The second-order valence-electron chi connectivity index (χ2n) is 4.59. The fourth-order valence-electron chi connectivity index (χ4n) is 1.91. The Morgan fingerprint density at radius 1 is 1.30 bits per heavy atom. The lowest BCUT2D eigenvalue weighted by Crippen LogP contribution is -2.33. The molecular weight excluding hydrogens is 260 g/mol. The summed E-state index contributed by atoms with van der Waals surface area (Å²) in [5, 5.41) is 2.42. The molecule has 1 aliphatic rings. The van der Waals surface area contributed by atoms with Crippen LogP contribution in [0, 0.1) is 0 Å². The van der Waals surface area contributed by atoms with Crippen molar-refractivity contribution >= 4 is 11.8 Å². The molecule has 20 heavy (non-hydrogen) atoms. The molecule has 0 saturated carbocycles. The Bertz CT molecular complexity index is 467. The van der Waals surface area contributed by atoms with Gasteiger partial charge in [0.05, 0.1) is 13.2 Å². The fourth-order valence-corrected chi connectivity index (χ4v) is 1.91. The van der Waals surface area contributed by atoms with E-state index in [1.807, 2.05) is 0 Å². The van der Waals surface area contributed by atoms with Gasteiger partial charge in [0.2, 0.25) is 5.91 Å². The molecule has 108 valence electrons. The number of benzene rings is 1. The predicted octanol–water partition coefficient (Wildman–Crippen LogP) is 0.807. The lowest BCUT2D eigenvalue weighted by molar-refractivity contribution is -0.117. The fraction of sp³-hybridized carbons (Fsp3) is 0.429. The summed E-state index contributed by atoms with van der Waals surface area (Å²) in [6.07, 6.45) is 2.83. The molecule has 1 atom stereocenters. The number of rotatable bonds is 5. The molecule has 0 bridgehead atoms. The summed E-state index contributed by atoms with van der Waals surface area (Å²) in [6.45, 7) is 0.547. The number of hydrogen-bond donors (Lipinski definition) is 2. The molecule has 1 heterocycles.